The minimum Gasteiger partial charge on any atom is -0.354 e. The highest BCUT2D eigenvalue weighted by Gasteiger charge is 2.17. The number of carbonyl (C=O) groups excluding carboxylic acids is 1. The Balaban J connectivity index is 1.77. The standard InChI is InChI=1S/C15H14BrN3O/c16-12-3-1-11(2-4-12)14-5-6-15(18-17-14)19-9-7-13(20)8-10-19/h1-6H,7-10H2. The first-order chi connectivity index (χ1) is 9.72. The Kier molecular flexibility index (Phi) is 3.78. The van der Waals surface area contributed by atoms with E-state index in [1.54, 1.807) is 0 Å². The van der Waals surface area contributed by atoms with Crippen molar-refractivity contribution in [1.82, 2.24) is 10.2 Å². The predicted molar refractivity (Wildman–Crippen MR) is 81.6 cm³/mol. The van der Waals surface area contributed by atoms with Crippen LogP contribution in [0.2, 0.25) is 0 Å². The van der Waals surface area contributed by atoms with Gasteiger partial charge in [-0.25, -0.2) is 0 Å². The lowest BCUT2D eigenvalue weighted by Gasteiger charge is -2.26. The van der Waals surface area contributed by atoms with Gasteiger partial charge in [0.2, 0.25) is 0 Å². The molecule has 1 fully saturated rings. The van der Waals surface area contributed by atoms with Crippen LogP contribution in [0.3, 0.4) is 0 Å². The van der Waals surface area contributed by atoms with E-state index in [4.69, 9.17) is 0 Å². The van der Waals surface area contributed by atoms with Crippen LogP contribution in [0.4, 0.5) is 5.82 Å². The number of Topliss-reactive ketones (excluding diaryl/α,β-unsaturated/α-hetero) is 1. The lowest BCUT2D eigenvalue weighted by molar-refractivity contribution is -0.119. The number of aromatic nitrogens is 2. The van der Waals surface area contributed by atoms with Crippen LogP contribution in [0.25, 0.3) is 11.3 Å². The highest BCUT2D eigenvalue weighted by atomic mass is 79.9. The van der Waals surface area contributed by atoms with Gasteiger partial charge in [-0.2, -0.15) is 0 Å². The molecule has 1 aliphatic heterocycles. The average Bonchev–Trinajstić information content (AvgIpc) is 2.49. The summed E-state index contributed by atoms with van der Waals surface area (Å²) in [6, 6.07) is 11.9. The molecule has 0 N–H and O–H groups in total. The molecule has 4 nitrogen and oxygen atoms in total. The van der Waals surface area contributed by atoms with Crippen LogP contribution in [-0.4, -0.2) is 29.1 Å². The summed E-state index contributed by atoms with van der Waals surface area (Å²) in [7, 11) is 0. The zero-order chi connectivity index (χ0) is 13.9. The third-order valence-electron chi connectivity index (χ3n) is 3.44. The molecule has 2 aromatic rings. The molecule has 20 heavy (non-hydrogen) atoms. The summed E-state index contributed by atoms with van der Waals surface area (Å²) >= 11 is 3.42. The molecule has 0 spiro atoms. The number of anilines is 1. The molecule has 0 unspecified atom stereocenters. The Bertz CT molecular complexity index is 600. The number of hydrogen-bond donors (Lipinski definition) is 0. The highest BCUT2D eigenvalue weighted by molar-refractivity contribution is 9.10. The first-order valence-corrected chi connectivity index (χ1v) is 7.38. The molecule has 0 bridgehead atoms. The molecule has 0 atom stereocenters. The second-order valence-corrected chi connectivity index (χ2v) is 5.73. The van der Waals surface area contributed by atoms with E-state index in [1.807, 2.05) is 36.4 Å². The number of piperidine rings is 1. The van der Waals surface area contributed by atoms with Crippen molar-refractivity contribution < 1.29 is 4.79 Å². The van der Waals surface area contributed by atoms with Gasteiger partial charge in [-0.05, 0) is 24.3 Å². The summed E-state index contributed by atoms with van der Waals surface area (Å²) in [5.74, 6) is 1.18. The maximum Gasteiger partial charge on any atom is 0.151 e. The Labute approximate surface area is 126 Å². The lowest BCUT2D eigenvalue weighted by Crippen LogP contribution is -2.34. The molecule has 0 aliphatic carbocycles. The van der Waals surface area contributed by atoms with Crippen molar-refractivity contribution in [3.8, 4) is 11.3 Å². The number of benzene rings is 1. The summed E-state index contributed by atoms with van der Waals surface area (Å²) in [4.78, 5) is 13.4. The van der Waals surface area contributed by atoms with Crippen LogP contribution in [0, 0.1) is 0 Å². The fourth-order valence-electron chi connectivity index (χ4n) is 2.25. The van der Waals surface area contributed by atoms with Crippen LogP contribution in [0.5, 0.6) is 0 Å². The number of rotatable bonds is 2. The second kappa shape index (κ2) is 5.71. The van der Waals surface area contributed by atoms with E-state index in [1.165, 1.54) is 0 Å². The first-order valence-electron chi connectivity index (χ1n) is 6.59. The van der Waals surface area contributed by atoms with Crippen molar-refractivity contribution in [3.05, 3.63) is 40.9 Å². The van der Waals surface area contributed by atoms with E-state index in [9.17, 15) is 4.79 Å². The van der Waals surface area contributed by atoms with E-state index < -0.39 is 0 Å². The topological polar surface area (TPSA) is 46.1 Å². The monoisotopic (exact) mass is 331 g/mol. The minimum atomic E-state index is 0.334. The van der Waals surface area contributed by atoms with Crippen molar-refractivity contribution in [2.45, 2.75) is 12.8 Å². The molecule has 2 heterocycles. The highest BCUT2D eigenvalue weighted by Crippen LogP contribution is 2.21. The quantitative estimate of drug-likeness (QED) is 0.848. The molecule has 0 amide bonds. The summed E-state index contributed by atoms with van der Waals surface area (Å²) < 4.78 is 1.05. The number of nitrogens with zero attached hydrogens (tertiary/aromatic N) is 3. The number of carbonyl (C=O) groups is 1. The van der Waals surface area contributed by atoms with Gasteiger partial charge in [-0.3, -0.25) is 4.79 Å². The van der Waals surface area contributed by atoms with Crippen LogP contribution < -0.4 is 4.90 Å². The minimum absolute atomic E-state index is 0.334. The fraction of sp³-hybridized carbons (Fsp3) is 0.267. The van der Waals surface area contributed by atoms with Crippen molar-refractivity contribution in [2.24, 2.45) is 0 Å². The third kappa shape index (κ3) is 2.88. The second-order valence-electron chi connectivity index (χ2n) is 4.81. The molecule has 102 valence electrons. The molecule has 1 saturated heterocycles. The van der Waals surface area contributed by atoms with E-state index in [0.717, 1.165) is 34.6 Å². The summed E-state index contributed by atoms with van der Waals surface area (Å²) in [6.07, 6.45) is 1.21. The van der Waals surface area contributed by atoms with Crippen molar-refractivity contribution >= 4 is 27.5 Å². The van der Waals surface area contributed by atoms with E-state index in [0.29, 0.717) is 18.6 Å². The molecule has 0 saturated carbocycles. The summed E-state index contributed by atoms with van der Waals surface area (Å²) in [5, 5.41) is 8.56. The lowest BCUT2D eigenvalue weighted by atomic mass is 10.1. The normalized spacial score (nSPS) is 15.4. The van der Waals surface area contributed by atoms with Crippen LogP contribution in [-0.2, 0) is 4.79 Å². The van der Waals surface area contributed by atoms with Gasteiger partial charge in [0.05, 0.1) is 5.69 Å². The molecule has 0 radical (unpaired) electrons. The van der Waals surface area contributed by atoms with Gasteiger partial charge in [0.15, 0.2) is 5.82 Å². The third-order valence-corrected chi connectivity index (χ3v) is 3.96. The van der Waals surface area contributed by atoms with Crippen molar-refractivity contribution in [3.63, 3.8) is 0 Å². The Hall–Kier alpha value is -1.75. The van der Waals surface area contributed by atoms with Gasteiger partial charge >= 0.3 is 0 Å². The van der Waals surface area contributed by atoms with Gasteiger partial charge in [0, 0.05) is 36.0 Å². The van der Waals surface area contributed by atoms with E-state index in [2.05, 4.69) is 31.0 Å². The van der Waals surface area contributed by atoms with Crippen LogP contribution >= 0.6 is 15.9 Å². The van der Waals surface area contributed by atoms with Gasteiger partial charge in [-0.1, -0.05) is 28.1 Å². The molecular weight excluding hydrogens is 318 g/mol. The van der Waals surface area contributed by atoms with E-state index >= 15 is 0 Å². The Morgan fingerprint density at radius 2 is 1.65 bits per heavy atom. The van der Waals surface area contributed by atoms with Crippen LogP contribution in [0.1, 0.15) is 12.8 Å². The molecular formula is C15H14BrN3O. The van der Waals surface area contributed by atoms with Gasteiger partial charge < -0.3 is 4.90 Å². The smallest absolute Gasteiger partial charge is 0.151 e. The molecule has 5 heteroatoms. The molecule has 1 aromatic carbocycles. The largest absolute Gasteiger partial charge is 0.354 e. The average molecular weight is 332 g/mol. The maximum absolute atomic E-state index is 11.2. The SMILES string of the molecule is O=C1CCN(c2ccc(-c3ccc(Br)cc3)nn2)CC1. The fourth-order valence-corrected chi connectivity index (χ4v) is 2.52. The van der Waals surface area contributed by atoms with Crippen molar-refractivity contribution in [1.29, 1.82) is 0 Å². The van der Waals surface area contributed by atoms with Gasteiger partial charge in [0.1, 0.15) is 5.78 Å². The zero-order valence-electron chi connectivity index (χ0n) is 10.9. The maximum atomic E-state index is 11.2. The Morgan fingerprint density at radius 3 is 2.25 bits per heavy atom. The predicted octanol–water partition coefficient (Wildman–Crippen LogP) is 3.08. The zero-order valence-corrected chi connectivity index (χ0v) is 12.5. The van der Waals surface area contributed by atoms with Crippen molar-refractivity contribution in [2.75, 3.05) is 18.0 Å². The van der Waals surface area contributed by atoms with Gasteiger partial charge in [0.25, 0.3) is 0 Å². The Morgan fingerprint density at radius 1 is 0.950 bits per heavy atom. The first kappa shape index (κ1) is 13.2. The summed E-state index contributed by atoms with van der Waals surface area (Å²) in [5.41, 5.74) is 1.90. The molecule has 1 aliphatic rings. The van der Waals surface area contributed by atoms with Gasteiger partial charge in [-0.15, -0.1) is 10.2 Å². The van der Waals surface area contributed by atoms with Crippen LogP contribution in [0.15, 0.2) is 40.9 Å². The molecule has 1 aromatic heterocycles. The molecule has 3 rings (SSSR count). The van der Waals surface area contributed by atoms with E-state index in [-0.39, 0.29) is 0 Å². The summed E-state index contributed by atoms with van der Waals surface area (Å²) in [6.45, 7) is 1.48. The number of ketones is 1. The number of hydrogen-bond acceptors (Lipinski definition) is 4. The number of halogens is 1.